The molecular formula is C27H28O9. The summed E-state index contributed by atoms with van der Waals surface area (Å²) >= 11 is 0. The van der Waals surface area contributed by atoms with Gasteiger partial charge in [0, 0.05) is 36.7 Å². The van der Waals surface area contributed by atoms with Crippen LogP contribution in [-0.2, 0) is 22.6 Å². The van der Waals surface area contributed by atoms with Crippen molar-refractivity contribution in [1.82, 2.24) is 0 Å². The maximum atomic E-state index is 13.0. The van der Waals surface area contributed by atoms with Gasteiger partial charge in [0.05, 0.1) is 5.56 Å². The molecule has 2 atom stereocenters. The number of hydrogen-bond acceptors (Lipinski definition) is 9. The summed E-state index contributed by atoms with van der Waals surface area (Å²) in [5.41, 5.74) is -0.500. The van der Waals surface area contributed by atoms with Gasteiger partial charge in [-0.2, -0.15) is 0 Å². The SMILES string of the molecule is CC=C(C)C(=O)O[C@H]1Cc2c(c(-c3cccc(O)c3)c3oc(CO)cc(=O)c3c2O)O[C@@]1(C)CCO. The third kappa shape index (κ3) is 4.31. The van der Waals surface area contributed by atoms with Gasteiger partial charge < -0.3 is 34.3 Å². The Labute approximate surface area is 206 Å². The van der Waals surface area contributed by atoms with E-state index in [1.807, 2.05) is 0 Å². The van der Waals surface area contributed by atoms with Crippen molar-refractivity contribution in [2.45, 2.75) is 51.9 Å². The first-order valence-electron chi connectivity index (χ1n) is 11.5. The lowest BCUT2D eigenvalue weighted by Gasteiger charge is -2.42. The van der Waals surface area contributed by atoms with Crippen LogP contribution in [0.1, 0.15) is 38.5 Å². The van der Waals surface area contributed by atoms with Crippen LogP contribution in [0, 0.1) is 0 Å². The fourth-order valence-corrected chi connectivity index (χ4v) is 4.40. The van der Waals surface area contributed by atoms with E-state index in [0.29, 0.717) is 11.1 Å². The highest BCUT2D eigenvalue weighted by molar-refractivity contribution is 6.01. The Morgan fingerprint density at radius 1 is 1.25 bits per heavy atom. The minimum absolute atomic E-state index is 0.0106. The van der Waals surface area contributed by atoms with Crippen molar-refractivity contribution in [2.24, 2.45) is 0 Å². The topological polar surface area (TPSA) is 147 Å². The van der Waals surface area contributed by atoms with Gasteiger partial charge in [0.25, 0.3) is 0 Å². The molecule has 9 heteroatoms. The van der Waals surface area contributed by atoms with Gasteiger partial charge in [0.15, 0.2) is 11.0 Å². The smallest absolute Gasteiger partial charge is 0.333 e. The van der Waals surface area contributed by atoms with Crippen LogP contribution in [-0.4, -0.2) is 44.7 Å². The fourth-order valence-electron chi connectivity index (χ4n) is 4.40. The van der Waals surface area contributed by atoms with Crippen molar-refractivity contribution in [3.05, 3.63) is 63.5 Å². The average Bonchev–Trinajstić information content (AvgIpc) is 2.84. The first-order chi connectivity index (χ1) is 17.1. The molecule has 2 heterocycles. The maximum absolute atomic E-state index is 13.0. The number of carbonyl (C=O) groups is 1. The highest BCUT2D eigenvalue weighted by atomic mass is 16.6. The minimum Gasteiger partial charge on any atom is -0.508 e. The molecule has 2 aromatic carbocycles. The van der Waals surface area contributed by atoms with Crippen LogP contribution in [0.25, 0.3) is 22.1 Å². The molecule has 1 aromatic heterocycles. The fraction of sp³-hybridized carbons (Fsp3) is 0.333. The van der Waals surface area contributed by atoms with E-state index in [-0.39, 0.29) is 58.8 Å². The second-order valence-corrected chi connectivity index (χ2v) is 8.98. The second-order valence-electron chi connectivity index (χ2n) is 8.98. The Morgan fingerprint density at radius 2 is 2.00 bits per heavy atom. The number of aliphatic hydroxyl groups is 2. The van der Waals surface area contributed by atoms with Crippen molar-refractivity contribution in [1.29, 1.82) is 0 Å². The van der Waals surface area contributed by atoms with Crippen LogP contribution >= 0.6 is 0 Å². The highest BCUT2D eigenvalue weighted by Gasteiger charge is 2.46. The molecule has 0 amide bonds. The summed E-state index contributed by atoms with van der Waals surface area (Å²) in [5, 5.41) is 40.6. The molecule has 9 nitrogen and oxygen atoms in total. The van der Waals surface area contributed by atoms with Crippen LogP contribution in [0.4, 0.5) is 0 Å². The first kappa shape index (κ1) is 25.3. The van der Waals surface area contributed by atoms with E-state index in [4.69, 9.17) is 13.9 Å². The summed E-state index contributed by atoms with van der Waals surface area (Å²) in [6.45, 7) is 4.18. The summed E-state index contributed by atoms with van der Waals surface area (Å²) in [7, 11) is 0. The second kappa shape index (κ2) is 9.67. The number of phenolic OH excluding ortho intramolecular Hbond substituents is 2. The summed E-state index contributed by atoms with van der Waals surface area (Å²) < 4.78 is 17.9. The zero-order valence-electron chi connectivity index (χ0n) is 20.2. The molecule has 0 aliphatic carbocycles. The van der Waals surface area contributed by atoms with Gasteiger partial charge >= 0.3 is 5.97 Å². The Kier molecular flexibility index (Phi) is 6.79. The Bertz CT molecular complexity index is 1420. The number of phenols is 2. The van der Waals surface area contributed by atoms with Gasteiger partial charge in [-0.25, -0.2) is 4.79 Å². The average molecular weight is 497 g/mol. The molecule has 0 spiro atoms. The molecule has 4 rings (SSSR count). The molecule has 190 valence electrons. The number of carbonyl (C=O) groups excluding carboxylic acids is 1. The summed E-state index contributed by atoms with van der Waals surface area (Å²) in [6, 6.07) is 7.29. The Balaban J connectivity index is 2.04. The third-order valence-electron chi connectivity index (χ3n) is 6.56. The summed E-state index contributed by atoms with van der Waals surface area (Å²) in [5.74, 6) is -0.868. The van der Waals surface area contributed by atoms with E-state index in [1.54, 1.807) is 39.0 Å². The van der Waals surface area contributed by atoms with Crippen molar-refractivity contribution >= 4 is 16.9 Å². The molecule has 36 heavy (non-hydrogen) atoms. The number of fused-ring (bicyclic) bond motifs is 2. The van der Waals surface area contributed by atoms with Crippen molar-refractivity contribution in [3.63, 3.8) is 0 Å². The van der Waals surface area contributed by atoms with Gasteiger partial charge in [0.2, 0.25) is 0 Å². The van der Waals surface area contributed by atoms with Crippen LogP contribution in [0.3, 0.4) is 0 Å². The normalized spacial score (nSPS) is 19.6. The Hall–Kier alpha value is -3.82. The van der Waals surface area contributed by atoms with Gasteiger partial charge in [-0.05, 0) is 38.5 Å². The monoisotopic (exact) mass is 496 g/mol. The molecule has 1 aliphatic rings. The van der Waals surface area contributed by atoms with E-state index < -0.39 is 35.5 Å². The molecule has 1 aliphatic heterocycles. The van der Waals surface area contributed by atoms with Gasteiger partial charge in [0.1, 0.15) is 46.7 Å². The van der Waals surface area contributed by atoms with Crippen molar-refractivity contribution < 1.29 is 39.1 Å². The maximum Gasteiger partial charge on any atom is 0.333 e. The number of rotatable bonds is 6. The van der Waals surface area contributed by atoms with Gasteiger partial charge in [-0.1, -0.05) is 18.2 Å². The summed E-state index contributed by atoms with van der Waals surface area (Å²) in [4.78, 5) is 25.6. The molecule has 3 aromatic rings. The van der Waals surface area contributed by atoms with Crippen LogP contribution in [0.15, 0.2) is 51.2 Å². The zero-order chi connectivity index (χ0) is 26.2. The minimum atomic E-state index is -1.20. The van der Waals surface area contributed by atoms with E-state index in [9.17, 15) is 30.0 Å². The quantitative estimate of drug-likeness (QED) is 0.298. The predicted molar refractivity (Wildman–Crippen MR) is 131 cm³/mol. The number of ether oxygens (including phenoxy) is 2. The molecule has 0 unspecified atom stereocenters. The highest BCUT2D eigenvalue weighted by Crippen LogP contribution is 2.50. The van der Waals surface area contributed by atoms with Crippen LogP contribution in [0.2, 0.25) is 0 Å². The molecule has 0 saturated heterocycles. The first-order valence-corrected chi connectivity index (χ1v) is 11.5. The van der Waals surface area contributed by atoms with E-state index >= 15 is 0 Å². The van der Waals surface area contributed by atoms with Gasteiger partial charge in [-0.15, -0.1) is 0 Å². The van der Waals surface area contributed by atoms with Crippen molar-refractivity contribution in [2.75, 3.05) is 6.61 Å². The largest absolute Gasteiger partial charge is 0.508 e. The van der Waals surface area contributed by atoms with Crippen LogP contribution in [0.5, 0.6) is 17.2 Å². The van der Waals surface area contributed by atoms with E-state index in [0.717, 1.165) is 6.07 Å². The molecule has 0 bridgehead atoms. The number of esters is 1. The van der Waals surface area contributed by atoms with E-state index in [2.05, 4.69) is 0 Å². The number of benzene rings is 2. The number of hydrogen-bond donors (Lipinski definition) is 4. The number of allylic oxidation sites excluding steroid dienone is 1. The molecule has 4 N–H and O–H groups in total. The molecule has 0 radical (unpaired) electrons. The van der Waals surface area contributed by atoms with Crippen LogP contribution < -0.4 is 10.2 Å². The van der Waals surface area contributed by atoms with E-state index in [1.165, 1.54) is 12.1 Å². The van der Waals surface area contributed by atoms with Gasteiger partial charge in [-0.3, -0.25) is 4.79 Å². The Morgan fingerprint density at radius 3 is 2.64 bits per heavy atom. The zero-order valence-corrected chi connectivity index (χ0v) is 20.2. The molecule has 0 fully saturated rings. The number of aromatic hydroxyl groups is 2. The lowest BCUT2D eigenvalue weighted by atomic mass is 9.84. The lowest BCUT2D eigenvalue weighted by molar-refractivity contribution is -0.159. The third-order valence-corrected chi connectivity index (χ3v) is 6.56. The standard InChI is InChI=1S/C27H28O9/c1-4-14(2)26(33)35-20-12-18-23(32)22-19(31)11-17(13-29)34-25(22)21(15-6-5-7-16(30)10-15)24(18)36-27(20,3)8-9-28/h4-7,10-11,20,28-30,32H,8-9,12-13H2,1-3H3/t20-,27-/m0/s1. The molecule has 0 saturated carbocycles. The van der Waals surface area contributed by atoms with Crippen molar-refractivity contribution in [3.8, 4) is 28.4 Å². The predicted octanol–water partition coefficient (Wildman–Crippen LogP) is 3.32. The number of aliphatic hydroxyl groups excluding tert-OH is 2. The lowest BCUT2D eigenvalue weighted by Crippen LogP contribution is -2.52. The molecular weight excluding hydrogens is 468 g/mol. The summed E-state index contributed by atoms with van der Waals surface area (Å²) in [6.07, 6.45) is 0.795.